The molecule has 0 radical (unpaired) electrons. The Morgan fingerprint density at radius 1 is 1.60 bits per heavy atom. The van der Waals surface area contributed by atoms with Crippen molar-refractivity contribution < 1.29 is 4.74 Å². The van der Waals surface area contributed by atoms with Crippen molar-refractivity contribution in [3.63, 3.8) is 0 Å². The Kier molecular flexibility index (Phi) is 3.40. The molecule has 1 aromatic heterocycles. The van der Waals surface area contributed by atoms with Gasteiger partial charge in [-0.2, -0.15) is 0 Å². The Morgan fingerprint density at radius 3 is 3.27 bits per heavy atom. The van der Waals surface area contributed by atoms with Gasteiger partial charge in [0.1, 0.15) is 11.9 Å². The lowest BCUT2D eigenvalue weighted by atomic mass is 10.1. The first-order valence-corrected chi connectivity index (χ1v) is 5.25. The number of nitrogens with one attached hydrogen (secondary N) is 1. The van der Waals surface area contributed by atoms with Crippen LogP contribution in [0.1, 0.15) is 12.8 Å². The summed E-state index contributed by atoms with van der Waals surface area (Å²) in [6, 6.07) is 1.78. The highest BCUT2D eigenvalue weighted by Gasteiger charge is 2.10. The SMILES string of the molecule is Clc1nccc(NCC2CCC=CO2)n1. The normalized spacial score (nSPS) is 19.7. The maximum Gasteiger partial charge on any atom is 0.224 e. The Morgan fingerprint density at radius 2 is 2.53 bits per heavy atom. The Labute approximate surface area is 93.3 Å². The second kappa shape index (κ2) is 4.98. The predicted octanol–water partition coefficient (Wildman–Crippen LogP) is 2.23. The van der Waals surface area contributed by atoms with E-state index in [0.29, 0.717) is 0 Å². The molecule has 0 bridgehead atoms. The summed E-state index contributed by atoms with van der Waals surface area (Å²) in [4.78, 5) is 7.83. The van der Waals surface area contributed by atoms with E-state index in [1.54, 1.807) is 18.5 Å². The first-order chi connectivity index (χ1) is 7.34. The van der Waals surface area contributed by atoms with Gasteiger partial charge in [-0.3, -0.25) is 0 Å². The van der Waals surface area contributed by atoms with E-state index in [0.717, 1.165) is 25.2 Å². The minimum Gasteiger partial charge on any atom is -0.497 e. The maximum absolute atomic E-state index is 5.66. The molecule has 1 aliphatic rings. The first kappa shape index (κ1) is 10.2. The zero-order valence-electron chi connectivity index (χ0n) is 8.19. The highest BCUT2D eigenvalue weighted by Crippen LogP contribution is 2.12. The fraction of sp³-hybridized carbons (Fsp3) is 0.400. The van der Waals surface area contributed by atoms with Crippen LogP contribution < -0.4 is 5.32 Å². The minimum absolute atomic E-state index is 0.212. The second-order valence-corrected chi connectivity index (χ2v) is 3.64. The molecule has 2 rings (SSSR count). The van der Waals surface area contributed by atoms with Crippen LogP contribution in [0.15, 0.2) is 24.6 Å². The summed E-state index contributed by atoms with van der Waals surface area (Å²) in [7, 11) is 0. The summed E-state index contributed by atoms with van der Waals surface area (Å²) in [6.07, 6.45) is 7.71. The third-order valence-electron chi connectivity index (χ3n) is 2.16. The van der Waals surface area contributed by atoms with Gasteiger partial charge < -0.3 is 10.1 Å². The van der Waals surface area contributed by atoms with Crippen LogP contribution >= 0.6 is 11.6 Å². The van der Waals surface area contributed by atoms with Gasteiger partial charge in [0.25, 0.3) is 0 Å². The van der Waals surface area contributed by atoms with Crippen molar-refractivity contribution in [1.29, 1.82) is 0 Å². The average Bonchev–Trinajstić information content (AvgIpc) is 2.28. The largest absolute Gasteiger partial charge is 0.497 e. The number of hydrogen-bond donors (Lipinski definition) is 1. The smallest absolute Gasteiger partial charge is 0.224 e. The van der Waals surface area contributed by atoms with Gasteiger partial charge in [-0.15, -0.1) is 0 Å². The molecule has 2 heterocycles. The number of aromatic nitrogens is 2. The van der Waals surface area contributed by atoms with Gasteiger partial charge in [0.2, 0.25) is 5.28 Å². The Balaban J connectivity index is 1.84. The molecular weight excluding hydrogens is 214 g/mol. The number of nitrogens with zero attached hydrogens (tertiary/aromatic N) is 2. The molecule has 80 valence electrons. The van der Waals surface area contributed by atoms with Gasteiger partial charge in [0.05, 0.1) is 12.8 Å². The second-order valence-electron chi connectivity index (χ2n) is 3.30. The maximum atomic E-state index is 5.66. The Hall–Kier alpha value is -1.29. The molecule has 0 aliphatic carbocycles. The number of halogens is 1. The molecule has 5 heteroatoms. The van der Waals surface area contributed by atoms with Crippen LogP contribution in [0.5, 0.6) is 0 Å². The van der Waals surface area contributed by atoms with Gasteiger partial charge in [-0.05, 0) is 36.6 Å². The number of rotatable bonds is 3. The predicted molar refractivity (Wildman–Crippen MR) is 58.8 cm³/mol. The third kappa shape index (κ3) is 3.09. The fourth-order valence-corrected chi connectivity index (χ4v) is 1.53. The van der Waals surface area contributed by atoms with E-state index in [1.807, 2.05) is 6.08 Å². The summed E-state index contributed by atoms with van der Waals surface area (Å²) in [5.74, 6) is 0.730. The summed E-state index contributed by atoms with van der Waals surface area (Å²) >= 11 is 5.66. The summed E-state index contributed by atoms with van der Waals surface area (Å²) < 4.78 is 5.41. The molecule has 0 saturated heterocycles. The third-order valence-corrected chi connectivity index (χ3v) is 2.34. The highest BCUT2D eigenvalue weighted by molar-refractivity contribution is 6.28. The van der Waals surface area contributed by atoms with Crippen LogP contribution in [0.2, 0.25) is 5.28 Å². The van der Waals surface area contributed by atoms with Crippen LogP contribution in [0.3, 0.4) is 0 Å². The summed E-state index contributed by atoms with van der Waals surface area (Å²) in [5.41, 5.74) is 0. The molecule has 0 aromatic carbocycles. The molecule has 1 aromatic rings. The zero-order valence-corrected chi connectivity index (χ0v) is 8.94. The lowest BCUT2D eigenvalue weighted by Gasteiger charge is -2.19. The molecule has 0 saturated carbocycles. The molecule has 1 N–H and O–H groups in total. The first-order valence-electron chi connectivity index (χ1n) is 4.87. The standard InChI is InChI=1S/C10H12ClN3O/c11-10-12-5-4-9(14-10)13-7-8-3-1-2-6-15-8/h2,4-6,8H,1,3,7H2,(H,12,13,14). The van der Waals surface area contributed by atoms with Crippen molar-refractivity contribution >= 4 is 17.4 Å². The van der Waals surface area contributed by atoms with Crippen LogP contribution in [-0.2, 0) is 4.74 Å². The number of anilines is 1. The zero-order chi connectivity index (χ0) is 10.5. The number of hydrogen-bond acceptors (Lipinski definition) is 4. The summed E-state index contributed by atoms with van der Waals surface area (Å²) in [5, 5.41) is 3.41. The van der Waals surface area contributed by atoms with Crippen LogP contribution in [0.4, 0.5) is 5.82 Å². The van der Waals surface area contributed by atoms with Gasteiger partial charge >= 0.3 is 0 Å². The van der Waals surface area contributed by atoms with Gasteiger partial charge in [0, 0.05) is 6.20 Å². The van der Waals surface area contributed by atoms with Crippen LogP contribution in [-0.4, -0.2) is 22.6 Å². The topological polar surface area (TPSA) is 47.0 Å². The van der Waals surface area contributed by atoms with Crippen LogP contribution in [0.25, 0.3) is 0 Å². The lowest BCUT2D eigenvalue weighted by molar-refractivity contribution is 0.135. The van der Waals surface area contributed by atoms with Crippen molar-refractivity contribution in [2.45, 2.75) is 18.9 Å². The van der Waals surface area contributed by atoms with E-state index < -0.39 is 0 Å². The Bertz CT molecular complexity index is 356. The molecule has 0 fully saturated rings. The molecular formula is C10H12ClN3O. The van der Waals surface area contributed by atoms with Crippen molar-refractivity contribution in [2.75, 3.05) is 11.9 Å². The molecule has 0 amide bonds. The highest BCUT2D eigenvalue weighted by atomic mass is 35.5. The van der Waals surface area contributed by atoms with Gasteiger partial charge in [-0.25, -0.2) is 9.97 Å². The molecule has 1 atom stereocenters. The number of allylic oxidation sites excluding steroid dienone is 1. The van der Waals surface area contributed by atoms with Gasteiger partial charge in [0.15, 0.2) is 0 Å². The van der Waals surface area contributed by atoms with E-state index in [-0.39, 0.29) is 11.4 Å². The minimum atomic E-state index is 0.212. The average molecular weight is 226 g/mol. The molecule has 1 unspecified atom stereocenters. The molecule has 4 nitrogen and oxygen atoms in total. The van der Waals surface area contributed by atoms with E-state index in [1.165, 1.54) is 0 Å². The van der Waals surface area contributed by atoms with Gasteiger partial charge in [-0.1, -0.05) is 0 Å². The van der Waals surface area contributed by atoms with Crippen molar-refractivity contribution in [3.8, 4) is 0 Å². The van der Waals surface area contributed by atoms with Crippen LogP contribution in [0, 0.1) is 0 Å². The van der Waals surface area contributed by atoms with E-state index in [9.17, 15) is 0 Å². The van der Waals surface area contributed by atoms with E-state index >= 15 is 0 Å². The number of ether oxygens (including phenoxy) is 1. The monoisotopic (exact) mass is 225 g/mol. The van der Waals surface area contributed by atoms with E-state index in [4.69, 9.17) is 16.3 Å². The summed E-state index contributed by atoms with van der Waals surface area (Å²) in [6.45, 7) is 0.734. The van der Waals surface area contributed by atoms with Crippen molar-refractivity contribution in [3.05, 3.63) is 29.9 Å². The molecule has 15 heavy (non-hydrogen) atoms. The quantitative estimate of drug-likeness (QED) is 0.802. The van der Waals surface area contributed by atoms with E-state index in [2.05, 4.69) is 15.3 Å². The lowest BCUT2D eigenvalue weighted by Crippen LogP contribution is -2.23. The van der Waals surface area contributed by atoms with Crippen molar-refractivity contribution in [1.82, 2.24) is 9.97 Å². The molecule has 0 spiro atoms. The van der Waals surface area contributed by atoms with Crippen molar-refractivity contribution in [2.24, 2.45) is 0 Å². The fourth-order valence-electron chi connectivity index (χ4n) is 1.39. The molecule has 1 aliphatic heterocycles.